The average Bonchev–Trinajstić information content (AvgIpc) is 1.61. The smallest absolute Gasteiger partial charge is 0.326 e. The van der Waals surface area contributed by atoms with Crippen molar-refractivity contribution < 1.29 is 137 Å². The number of nitrogens with zero attached hydrogens (tertiary/aromatic N) is 1. The van der Waals surface area contributed by atoms with E-state index < -0.39 is 317 Å². The number of primary amides is 1. The molecule has 1 aliphatic heterocycles. The van der Waals surface area contributed by atoms with Crippen LogP contribution in [0.2, 0.25) is 0 Å². The van der Waals surface area contributed by atoms with E-state index in [2.05, 4.69) is 69.1 Å². The van der Waals surface area contributed by atoms with Crippen molar-refractivity contribution >= 4 is 124 Å². The van der Waals surface area contributed by atoms with Gasteiger partial charge in [0, 0.05) is 45.2 Å². The number of carboxylic acid groups (broad SMARTS) is 5. The summed E-state index contributed by atoms with van der Waals surface area (Å²) in [5.41, 5.74) is 16.5. The molecule has 0 unspecified atom stereocenters. The zero-order valence-corrected chi connectivity index (χ0v) is 64.5. The van der Waals surface area contributed by atoms with Gasteiger partial charge in [-0.3, -0.25) is 96.5 Å². The number of hydrogen-bond acceptors (Lipinski definition) is 25. The number of nitrogens with two attached hydrogens (primary N) is 3. The van der Waals surface area contributed by atoms with Crippen molar-refractivity contribution in [3.05, 3.63) is 0 Å². The topological polar surface area (TPSA) is 777 Å². The van der Waals surface area contributed by atoms with E-state index in [9.17, 15) is 137 Å². The Morgan fingerprint density at radius 3 is 1.30 bits per heavy atom. The van der Waals surface area contributed by atoms with Crippen LogP contribution in [0.4, 0.5) is 0 Å². The van der Waals surface area contributed by atoms with Crippen molar-refractivity contribution in [2.24, 2.45) is 35.0 Å². The van der Waals surface area contributed by atoms with Crippen LogP contribution in [0.25, 0.3) is 0 Å². The second-order valence-corrected chi connectivity index (χ2v) is 27.7. The van der Waals surface area contributed by atoms with E-state index >= 15 is 0 Å². The van der Waals surface area contributed by atoms with Crippen molar-refractivity contribution in [1.29, 1.82) is 5.41 Å². The van der Waals surface area contributed by atoms with E-state index in [0.29, 0.717) is 0 Å². The number of carbonyl (C=O) groups is 20. The van der Waals surface area contributed by atoms with Gasteiger partial charge in [-0.2, -0.15) is 0 Å². The predicted molar refractivity (Wildman–Crippen MR) is 392 cm³/mol. The number of carbonyl (C=O) groups excluding carboxylic acids is 15. The molecule has 0 aromatic carbocycles. The first kappa shape index (κ1) is 101. The highest BCUT2D eigenvalue weighted by Gasteiger charge is 2.43. The minimum absolute atomic E-state index is 0.00164. The van der Waals surface area contributed by atoms with Crippen molar-refractivity contribution in [1.82, 2.24) is 79.3 Å². The monoisotopic (exact) mass is 1630 g/mol. The summed E-state index contributed by atoms with van der Waals surface area (Å²) in [4.78, 5) is 263. The molecule has 1 rings (SSSR count). The number of likely N-dealkylation sites (tertiary alicyclic amines) is 1. The molecule has 47 nitrogen and oxygen atoms in total. The Kier molecular flexibility index (Phi) is 44.5. The van der Waals surface area contributed by atoms with Gasteiger partial charge in [0.1, 0.15) is 78.5 Å². The molecule has 0 saturated carbocycles. The standard InChI is InChI=1S/C67H111N19O28/c1-9-31(6)51(84-60(107)42-13-11-25-86(42)65(112)38(18-23-48(98)99)79-64(111)52(33(8)89)85-61(108)49(69)29(2)3)63(110)82-41(28-88)59(106)74-32(7)53(100)76-36(16-21-46(94)95)57(104)81-40(27-87)54(101)73-26-44(91)75-34(15-20-45(92)93)55(102)77-35(14-19-43(68)90)58(105)83-50(30(4)5)62(109)78-37(17-22-47(96)97)56(103)80-39(66(113)114)12-10-24-72-67(70)71/h29-42,49-52,87-89H,9-28,69H2,1-8H3,(H2,68,90)(H,73,101)(H,74,106)(H,75,91)(H,76,100)(H,77,102)(H,78,109)(H,79,111)(H,80,103)(H,81,104)(H,82,110)(H,83,105)(H,84,107)(H,85,108)(H,92,93)(H,94,95)(H,96,97)(H,98,99)(H,113,114)(H4,70,71,72)/t31-,32-,33+,34-,35-,36-,37-,38-,39-,40-,41-,42-,49-,50-,51-,52-/m0/s1. The summed E-state index contributed by atoms with van der Waals surface area (Å²) in [6, 6.07) is -23.4. The highest BCUT2D eigenvalue weighted by molar-refractivity contribution is 6.01. The van der Waals surface area contributed by atoms with Crippen molar-refractivity contribution in [3.8, 4) is 0 Å². The average molecular weight is 1630 g/mol. The highest BCUT2D eigenvalue weighted by Crippen LogP contribution is 2.22. The third-order valence-corrected chi connectivity index (χ3v) is 17.8. The van der Waals surface area contributed by atoms with Gasteiger partial charge in [0.2, 0.25) is 88.6 Å². The molecule has 1 aliphatic rings. The minimum Gasteiger partial charge on any atom is -0.481 e. The number of rotatable bonds is 54. The molecule has 16 atom stereocenters. The van der Waals surface area contributed by atoms with E-state index in [1.165, 1.54) is 27.7 Å². The summed E-state index contributed by atoms with van der Waals surface area (Å²) in [5, 5.41) is 118. The molecule has 0 bridgehead atoms. The third-order valence-electron chi connectivity index (χ3n) is 17.8. The first-order valence-corrected chi connectivity index (χ1v) is 36.5. The zero-order chi connectivity index (χ0) is 87.1. The van der Waals surface area contributed by atoms with Crippen LogP contribution in [0.1, 0.15) is 152 Å². The van der Waals surface area contributed by atoms with Crippen LogP contribution >= 0.6 is 0 Å². The van der Waals surface area contributed by atoms with Gasteiger partial charge in [-0.15, -0.1) is 0 Å². The first-order chi connectivity index (χ1) is 53.2. The zero-order valence-electron chi connectivity index (χ0n) is 64.5. The summed E-state index contributed by atoms with van der Waals surface area (Å²) in [7, 11) is 0. The fourth-order valence-electron chi connectivity index (χ4n) is 10.9. The van der Waals surface area contributed by atoms with Gasteiger partial charge in [-0.1, -0.05) is 48.0 Å². The van der Waals surface area contributed by atoms with E-state index in [1.54, 1.807) is 20.8 Å². The Labute approximate surface area is 654 Å². The Balaban J connectivity index is 3.33. The summed E-state index contributed by atoms with van der Waals surface area (Å²) < 4.78 is 0. The number of carboxylic acids is 5. The molecule has 0 aromatic rings. The molecule has 1 fully saturated rings. The van der Waals surface area contributed by atoms with Crippen LogP contribution in [0.3, 0.4) is 0 Å². The molecule has 1 heterocycles. The lowest BCUT2D eigenvalue weighted by Gasteiger charge is -2.32. The van der Waals surface area contributed by atoms with Gasteiger partial charge in [0.05, 0.1) is 31.9 Å². The summed E-state index contributed by atoms with van der Waals surface area (Å²) >= 11 is 0. The van der Waals surface area contributed by atoms with Crippen LogP contribution in [0.15, 0.2) is 0 Å². The van der Waals surface area contributed by atoms with Crippen LogP contribution in [0.5, 0.6) is 0 Å². The number of nitrogens with one attached hydrogen (secondary N) is 15. The number of amides is 15. The molecule has 15 amide bonds. The van der Waals surface area contributed by atoms with Crippen molar-refractivity contribution in [2.45, 2.75) is 242 Å². The molecule has 1 saturated heterocycles. The lowest BCUT2D eigenvalue weighted by molar-refractivity contribution is -0.144. The number of aliphatic hydroxyl groups excluding tert-OH is 3. The van der Waals surface area contributed by atoms with Gasteiger partial charge in [-0.05, 0) is 89.4 Å². The maximum absolute atomic E-state index is 14.2. The molecule has 114 heavy (non-hydrogen) atoms. The molecule has 0 spiro atoms. The predicted octanol–water partition coefficient (Wildman–Crippen LogP) is -9.95. The molecule has 0 aliphatic carbocycles. The number of aliphatic carboxylic acids is 5. The number of hydrogen-bond donors (Lipinski definition) is 26. The van der Waals surface area contributed by atoms with Gasteiger partial charge >= 0.3 is 29.8 Å². The van der Waals surface area contributed by atoms with E-state index in [1.807, 2.05) is 5.32 Å². The largest absolute Gasteiger partial charge is 0.481 e. The summed E-state index contributed by atoms with van der Waals surface area (Å²) in [6.45, 7) is 7.88. The Morgan fingerprint density at radius 2 is 0.842 bits per heavy atom. The first-order valence-electron chi connectivity index (χ1n) is 36.5. The molecule has 0 aromatic heterocycles. The Hall–Kier alpha value is -11.5. The second-order valence-electron chi connectivity index (χ2n) is 27.7. The fraction of sp³-hybridized carbons (Fsp3) is 0.687. The van der Waals surface area contributed by atoms with Crippen LogP contribution < -0.4 is 91.6 Å². The van der Waals surface area contributed by atoms with E-state index in [0.717, 1.165) is 11.8 Å². The SMILES string of the molecule is CC[C@H](C)[C@H](NC(=O)[C@@H]1CCCN1C(=O)[C@H](CCC(=O)O)NC(=O)[C@@H](NC(=O)[C@@H](N)C(C)C)[C@@H](C)O)C(=O)N[C@@H](CO)C(=O)N[C@@H](C)C(=O)N[C@@H](CCC(=O)O)C(=O)N[C@@H](CO)C(=O)NCC(=O)N[C@@H](CCC(=O)O)C(=O)N[C@@H](CCC(N)=O)C(=O)N[C@H](C(=O)N[C@@H](CCC(=O)O)C(=O)N[C@@H](CCCNC(=N)N)C(=O)O)C(C)C. The van der Waals surface area contributed by atoms with Gasteiger partial charge < -0.3 is 137 Å². The lowest BCUT2D eigenvalue weighted by Crippen LogP contribution is -2.62. The van der Waals surface area contributed by atoms with Gasteiger partial charge in [-0.25, -0.2) is 4.79 Å². The van der Waals surface area contributed by atoms with Gasteiger partial charge in [0.15, 0.2) is 5.96 Å². The van der Waals surface area contributed by atoms with Crippen LogP contribution in [0, 0.1) is 23.2 Å². The van der Waals surface area contributed by atoms with E-state index in [4.69, 9.17) is 22.6 Å². The third kappa shape index (κ3) is 36.3. The second kappa shape index (κ2) is 50.5. The molecule has 0 radical (unpaired) electrons. The number of guanidine groups is 1. The molecular weight excluding hydrogens is 1520 g/mol. The molecule has 29 N–H and O–H groups in total. The fourth-order valence-corrected chi connectivity index (χ4v) is 10.9. The quantitative estimate of drug-likeness (QED) is 0.0153. The Morgan fingerprint density at radius 1 is 0.439 bits per heavy atom. The van der Waals surface area contributed by atoms with Crippen LogP contribution in [-0.2, 0) is 95.9 Å². The molecular formula is C67H111N19O28. The maximum atomic E-state index is 14.2. The maximum Gasteiger partial charge on any atom is 0.326 e. The van der Waals surface area contributed by atoms with E-state index in [-0.39, 0.29) is 45.2 Å². The normalized spacial score (nSPS) is 16.4. The Bertz CT molecular complexity index is 3440. The lowest BCUT2D eigenvalue weighted by atomic mass is 9.97. The number of aliphatic hydroxyl groups is 3. The summed E-state index contributed by atoms with van der Waals surface area (Å²) in [5.74, 6) is -26.8. The van der Waals surface area contributed by atoms with Crippen LogP contribution in [-0.4, -0.2) is 294 Å². The van der Waals surface area contributed by atoms with Gasteiger partial charge in [0.25, 0.3) is 0 Å². The minimum atomic E-state index is -2.01. The molecule has 642 valence electrons. The van der Waals surface area contributed by atoms with Crippen molar-refractivity contribution in [2.75, 3.05) is 32.8 Å². The highest BCUT2D eigenvalue weighted by atomic mass is 16.4. The summed E-state index contributed by atoms with van der Waals surface area (Å²) in [6.07, 6.45) is -8.14. The van der Waals surface area contributed by atoms with Crippen molar-refractivity contribution in [3.63, 3.8) is 0 Å². The molecule has 47 heteroatoms.